The van der Waals surface area contributed by atoms with E-state index in [-0.39, 0.29) is 6.61 Å². The highest BCUT2D eigenvalue weighted by Gasteiger charge is 2.19. The summed E-state index contributed by atoms with van der Waals surface area (Å²) in [7, 11) is 0. The fraction of sp³-hybridized carbons (Fsp3) is 0.529. The second-order valence-electron chi connectivity index (χ2n) is 5.07. The fourth-order valence-corrected chi connectivity index (χ4v) is 2.41. The van der Waals surface area contributed by atoms with E-state index in [4.69, 9.17) is 9.84 Å². The Morgan fingerprint density at radius 2 is 2.25 bits per heavy atom. The predicted molar refractivity (Wildman–Crippen MR) is 80.3 cm³/mol. The van der Waals surface area contributed by atoms with Gasteiger partial charge in [0, 0.05) is 31.6 Å². The van der Waals surface area contributed by atoms with Gasteiger partial charge in [0.15, 0.2) is 0 Å². The van der Waals surface area contributed by atoms with Crippen LogP contribution in [0, 0.1) is 11.8 Å². The number of hydrogen-bond acceptors (Lipinski definition) is 3. The van der Waals surface area contributed by atoms with Gasteiger partial charge in [-0.1, -0.05) is 37.0 Å². The van der Waals surface area contributed by atoms with E-state index in [9.17, 15) is 0 Å². The lowest BCUT2D eigenvalue weighted by molar-refractivity contribution is -0.0324. The Labute approximate surface area is 121 Å². The minimum atomic E-state index is 0.122. The predicted octanol–water partition coefficient (Wildman–Crippen LogP) is 2.03. The molecule has 0 amide bonds. The van der Waals surface area contributed by atoms with Crippen LogP contribution in [0.3, 0.4) is 0 Å². The first-order chi connectivity index (χ1) is 9.83. The number of aliphatic hydroxyl groups is 1. The van der Waals surface area contributed by atoms with Crippen LogP contribution in [0.2, 0.25) is 0 Å². The molecule has 0 aromatic heterocycles. The third kappa shape index (κ3) is 4.35. The molecule has 1 aliphatic heterocycles. The molecule has 0 saturated carbocycles. The molecule has 1 aliphatic rings. The molecule has 108 valence electrons. The summed E-state index contributed by atoms with van der Waals surface area (Å²) in [5.41, 5.74) is 2.33. The van der Waals surface area contributed by atoms with E-state index in [1.807, 2.05) is 6.07 Å². The van der Waals surface area contributed by atoms with Gasteiger partial charge in [0.25, 0.3) is 0 Å². The summed E-state index contributed by atoms with van der Waals surface area (Å²) >= 11 is 0. The molecule has 1 fully saturated rings. The van der Waals surface area contributed by atoms with Gasteiger partial charge in [0.1, 0.15) is 0 Å². The van der Waals surface area contributed by atoms with Crippen LogP contribution in [0.5, 0.6) is 0 Å². The number of hydrogen-bond donors (Lipinski definition) is 1. The van der Waals surface area contributed by atoms with E-state index in [0.29, 0.717) is 12.5 Å². The zero-order valence-corrected chi connectivity index (χ0v) is 12.1. The van der Waals surface area contributed by atoms with Crippen molar-refractivity contribution in [2.45, 2.75) is 32.4 Å². The van der Waals surface area contributed by atoms with Gasteiger partial charge in [-0.2, -0.15) is 0 Å². The second kappa shape index (κ2) is 8.06. The van der Waals surface area contributed by atoms with Crippen LogP contribution in [-0.4, -0.2) is 42.4 Å². The third-order valence-corrected chi connectivity index (χ3v) is 3.55. The molecule has 1 atom stereocenters. The van der Waals surface area contributed by atoms with Crippen LogP contribution in [0.4, 0.5) is 0 Å². The number of rotatable bonds is 4. The van der Waals surface area contributed by atoms with E-state index in [1.165, 1.54) is 5.56 Å². The Morgan fingerprint density at radius 1 is 1.40 bits per heavy atom. The zero-order chi connectivity index (χ0) is 14.2. The molecule has 1 heterocycles. The molecular weight excluding hydrogens is 250 g/mol. The van der Waals surface area contributed by atoms with E-state index in [1.54, 1.807) is 0 Å². The molecule has 0 spiro atoms. The van der Waals surface area contributed by atoms with Gasteiger partial charge in [-0.05, 0) is 18.1 Å². The van der Waals surface area contributed by atoms with E-state index in [2.05, 4.69) is 41.9 Å². The van der Waals surface area contributed by atoms with Crippen molar-refractivity contribution in [2.24, 2.45) is 0 Å². The minimum Gasteiger partial charge on any atom is -0.395 e. The molecule has 3 nitrogen and oxygen atoms in total. The van der Waals surface area contributed by atoms with Crippen LogP contribution in [0.25, 0.3) is 0 Å². The molecule has 20 heavy (non-hydrogen) atoms. The van der Waals surface area contributed by atoms with E-state index < -0.39 is 0 Å². The van der Waals surface area contributed by atoms with Crippen molar-refractivity contribution in [2.75, 3.05) is 26.3 Å². The number of morpholine rings is 1. The lowest BCUT2D eigenvalue weighted by atomic mass is 10.1. The largest absolute Gasteiger partial charge is 0.395 e. The summed E-state index contributed by atoms with van der Waals surface area (Å²) in [6.45, 7) is 6.00. The van der Waals surface area contributed by atoms with Gasteiger partial charge >= 0.3 is 0 Å². The Morgan fingerprint density at radius 3 is 3.05 bits per heavy atom. The van der Waals surface area contributed by atoms with E-state index in [0.717, 1.165) is 38.2 Å². The van der Waals surface area contributed by atoms with Crippen LogP contribution >= 0.6 is 0 Å². The van der Waals surface area contributed by atoms with Crippen LogP contribution in [-0.2, 0) is 11.3 Å². The maximum Gasteiger partial charge on any atom is 0.0700 e. The smallest absolute Gasteiger partial charge is 0.0700 e. The topological polar surface area (TPSA) is 32.7 Å². The number of benzene rings is 1. The van der Waals surface area contributed by atoms with Gasteiger partial charge in [-0.3, -0.25) is 4.90 Å². The Kier molecular flexibility index (Phi) is 6.07. The highest BCUT2D eigenvalue weighted by Crippen LogP contribution is 2.15. The fourth-order valence-electron chi connectivity index (χ4n) is 2.41. The standard InChI is InChI=1S/C17H23NO2/c1-2-17-14-18(10-12-20-17)13-16-9-4-3-7-15(16)8-5-6-11-19/h3-4,7,9,17,19H,2,6,10-14H2,1H3. The quantitative estimate of drug-likeness (QED) is 0.852. The average molecular weight is 273 g/mol. The third-order valence-electron chi connectivity index (χ3n) is 3.55. The lowest BCUT2D eigenvalue weighted by Crippen LogP contribution is -2.41. The van der Waals surface area contributed by atoms with Gasteiger partial charge in [-0.25, -0.2) is 0 Å². The molecule has 0 bridgehead atoms. The van der Waals surface area contributed by atoms with Crippen molar-refractivity contribution in [3.8, 4) is 11.8 Å². The van der Waals surface area contributed by atoms with Crippen molar-refractivity contribution in [3.05, 3.63) is 35.4 Å². The Hall–Kier alpha value is -1.34. The Balaban J connectivity index is 2.03. The second-order valence-corrected chi connectivity index (χ2v) is 5.07. The normalized spacial score (nSPS) is 19.4. The number of aliphatic hydroxyl groups excluding tert-OH is 1. The van der Waals surface area contributed by atoms with Gasteiger partial charge in [0.05, 0.1) is 19.3 Å². The van der Waals surface area contributed by atoms with Gasteiger partial charge in [-0.15, -0.1) is 0 Å². The zero-order valence-electron chi connectivity index (χ0n) is 12.1. The maximum absolute atomic E-state index is 8.81. The summed E-state index contributed by atoms with van der Waals surface area (Å²) in [5.74, 6) is 6.17. The van der Waals surface area contributed by atoms with Gasteiger partial charge in [0.2, 0.25) is 0 Å². The Bertz CT molecular complexity index is 475. The van der Waals surface area contributed by atoms with Crippen molar-refractivity contribution >= 4 is 0 Å². The molecule has 1 unspecified atom stereocenters. The molecule has 1 N–H and O–H groups in total. The first-order valence-corrected chi connectivity index (χ1v) is 7.35. The molecule has 1 aromatic carbocycles. The average Bonchev–Trinajstić information content (AvgIpc) is 2.49. The minimum absolute atomic E-state index is 0.122. The van der Waals surface area contributed by atoms with Crippen LogP contribution in [0.15, 0.2) is 24.3 Å². The number of nitrogens with zero attached hydrogens (tertiary/aromatic N) is 1. The first-order valence-electron chi connectivity index (χ1n) is 7.35. The molecule has 2 rings (SSSR count). The summed E-state index contributed by atoms with van der Waals surface area (Å²) in [5, 5.41) is 8.81. The maximum atomic E-state index is 8.81. The highest BCUT2D eigenvalue weighted by atomic mass is 16.5. The molecule has 0 radical (unpaired) electrons. The summed E-state index contributed by atoms with van der Waals surface area (Å²) in [4.78, 5) is 2.43. The molecule has 1 saturated heterocycles. The summed E-state index contributed by atoms with van der Waals surface area (Å²) in [6, 6.07) is 8.27. The molecular formula is C17H23NO2. The van der Waals surface area contributed by atoms with Crippen molar-refractivity contribution in [1.82, 2.24) is 4.90 Å². The number of ether oxygens (including phenoxy) is 1. The molecule has 0 aliphatic carbocycles. The SMILES string of the molecule is CCC1CN(Cc2ccccc2C#CCCO)CCO1. The molecule has 3 heteroatoms. The van der Waals surface area contributed by atoms with E-state index >= 15 is 0 Å². The van der Waals surface area contributed by atoms with Crippen LogP contribution < -0.4 is 0 Å². The summed E-state index contributed by atoms with van der Waals surface area (Å²) in [6.07, 6.45) is 1.95. The summed E-state index contributed by atoms with van der Waals surface area (Å²) < 4.78 is 5.71. The lowest BCUT2D eigenvalue weighted by Gasteiger charge is -2.32. The van der Waals surface area contributed by atoms with Crippen molar-refractivity contribution < 1.29 is 9.84 Å². The monoisotopic (exact) mass is 273 g/mol. The molecule has 1 aromatic rings. The van der Waals surface area contributed by atoms with Gasteiger partial charge < -0.3 is 9.84 Å². The van der Waals surface area contributed by atoms with Crippen LogP contribution in [0.1, 0.15) is 30.9 Å². The van der Waals surface area contributed by atoms with Crippen molar-refractivity contribution in [3.63, 3.8) is 0 Å². The highest BCUT2D eigenvalue weighted by molar-refractivity contribution is 5.41. The first kappa shape index (κ1) is 15.1. The van der Waals surface area contributed by atoms with Crippen molar-refractivity contribution in [1.29, 1.82) is 0 Å².